The third-order valence-electron chi connectivity index (χ3n) is 1.62. The zero-order valence-electron chi connectivity index (χ0n) is 8.77. The molecule has 0 radical (unpaired) electrons. The quantitative estimate of drug-likeness (QED) is 0.811. The van der Waals surface area contributed by atoms with Crippen molar-refractivity contribution in [1.82, 2.24) is 10.3 Å². The predicted molar refractivity (Wildman–Crippen MR) is 54.7 cm³/mol. The van der Waals surface area contributed by atoms with E-state index in [1.54, 1.807) is 31.5 Å². The van der Waals surface area contributed by atoms with Gasteiger partial charge < -0.3 is 14.8 Å². The number of rotatable bonds is 4. The first-order valence-electron chi connectivity index (χ1n) is 4.60. The molecule has 1 aromatic heterocycles. The van der Waals surface area contributed by atoms with E-state index in [9.17, 15) is 4.79 Å². The summed E-state index contributed by atoms with van der Waals surface area (Å²) in [4.78, 5) is 15.1. The second-order valence-corrected chi connectivity index (χ2v) is 3.06. The lowest BCUT2D eigenvalue weighted by atomic mass is 10.4. The van der Waals surface area contributed by atoms with E-state index in [2.05, 4.69) is 10.3 Å². The highest BCUT2D eigenvalue weighted by atomic mass is 16.6. The fraction of sp³-hybridized carbons (Fsp3) is 0.400. The molecule has 1 atom stereocenters. The monoisotopic (exact) mass is 210 g/mol. The van der Waals surface area contributed by atoms with Crippen LogP contribution in [0.1, 0.15) is 6.92 Å². The summed E-state index contributed by atoms with van der Waals surface area (Å²) in [5.41, 5.74) is 0. The summed E-state index contributed by atoms with van der Waals surface area (Å²) in [5, 5.41) is 2.60. The zero-order chi connectivity index (χ0) is 11.1. The summed E-state index contributed by atoms with van der Waals surface area (Å²) in [6.45, 7) is 2.26. The van der Waals surface area contributed by atoms with Gasteiger partial charge in [0, 0.05) is 19.4 Å². The maximum Gasteiger partial charge on any atom is 0.414 e. The molecule has 1 rings (SSSR count). The highest BCUT2D eigenvalue weighted by Gasteiger charge is 2.08. The maximum atomic E-state index is 11.3. The Bertz CT molecular complexity index is 303. The molecule has 0 aliphatic rings. The Labute approximate surface area is 88.4 Å². The minimum atomic E-state index is -0.529. The molecule has 0 saturated carbocycles. The van der Waals surface area contributed by atoms with Crippen LogP contribution < -0.4 is 10.1 Å². The van der Waals surface area contributed by atoms with Crippen molar-refractivity contribution in [2.45, 2.75) is 13.0 Å². The summed E-state index contributed by atoms with van der Waals surface area (Å²) < 4.78 is 9.78. The average Bonchev–Trinajstić information content (AvgIpc) is 2.19. The molecular weight excluding hydrogens is 196 g/mol. The van der Waals surface area contributed by atoms with Crippen LogP contribution in [-0.2, 0) is 4.74 Å². The number of nitrogens with zero attached hydrogens (tertiary/aromatic N) is 1. The Morgan fingerprint density at radius 3 is 3.00 bits per heavy atom. The molecular formula is C10H14N2O3. The fourth-order valence-corrected chi connectivity index (χ4v) is 1.02. The van der Waals surface area contributed by atoms with Crippen LogP contribution in [-0.4, -0.2) is 30.8 Å². The lowest BCUT2D eigenvalue weighted by Crippen LogP contribution is -2.37. The molecule has 82 valence electrons. The number of carbonyl (C=O) groups is 1. The Morgan fingerprint density at radius 1 is 1.60 bits per heavy atom. The molecule has 1 aromatic rings. The fourth-order valence-electron chi connectivity index (χ4n) is 1.02. The molecule has 0 aliphatic heterocycles. The minimum absolute atomic E-state index is 0.0915. The number of nitrogens with one attached hydrogen (secondary N) is 1. The number of methoxy groups -OCH3 is 1. The number of ether oxygens (including phenoxy) is 2. The minimum Gasteiger partial charge on any atom is -0.391 e. The van der Waals surface area contributed by atoms with Gasteiger partial charge in [-0.3, -0.25) is 0 Å². The zero-order valence-corrected chi connectivity index (χ0v) is 8.77. The highest BCUT2D eigenvalue weighted by Crippen LogP contribution is 2.03. The molecule has 0 aromatic carbocycles. The maximum absolute atomic E-state index is 11.3. The summed E-state index contributed by atoms with van der Waals surface area (Å²) in [6.07, 6.45) is 1.03. The van der Waals surface area contributed by atoms with Gasteiger partial charge in [0.25, 0.3) is 0 Å². The molecule has 5 heteroatoms. The largest absolute Gasteiger partial charge is 0.414 e. The van der Waals surface area contributed by atoms with Crippen LogP contribution in [0.5, 0.6) is 5.88 Å². The normalized spacial score (nSPS) is 11.9. The molecule has 0 aliphatic carbocycles. The molecule has 0 fully saturated rings. The van der Waals surface area contributed by atoms with Crippen molar-refractivity contribution in [3.8, 4) is 5.88 Å². The summed E-state index contributed by atoms with van der Waals surface area (Å²) >= 11 is 0. The Kier molecular flexibility index (Phi) is 4.56. The molecule has 5 nitrogen and oxygen atoms in total. The van der Waals surface area contributed by atoms with Crippen molar-refractivity contribution in [3.05, 3.63) is 24.4 Å². The number of amides is 1. The van der Waals surface area contributed by atoms with Gasteiger partial charge in [-0.15, -0.1) is 0 Å². The number of aromatic nitrogens is 1. The third-order valence-corrected chi connectivity index (χ3v) is 1.62. The third kappa shape index (κ3) is 4.42. The number of carbonyl (C=O) groups excluding carboxylic acids is 1. The number of hydrogen-bond donors (Lipinski definition) is 1. The van der Waals surface area contributed by atoms with Gasteiger partial charge in [-0.1, -0.05) is 6.07 Å². The molecule has 15 heavy (non-hydrogen) atoms. The van der Waals surface area contributed by atoms with Gasteiger partial charge in [0.15, 0.2) is 0 Å². The SMILES string of the molecule is COCC(C)NC(=O)Oc1ccccn1. The molecule has 0 bridgehead atoms. The van der Waals surface area contributed by atoms with Crippen LogP contribution in [0.25, 0.3) is 0 Å². The Balaban J connectivity index is 2.36. The van der Waals surface area contributed by atoms with Crippen LogP contribution in [0.15, 0.2) is 24.4 Å². The van der Waals surface area contributed by atoms with E-state index in [-0.39, 0.29) is 11.9 Å². The number of hydrogen-bond acceptors (Lipinski definition) is 4. The highest BCUT2D eigenvalue weighted by molar-refractivity contribution is 5.70. The van der Waals surface area contributed by atoms with Gasteiger partial charge in [0.2, 0.25) is 5.88 Å². The van der Waals surface area contributed by atoms with Crippen LogP contribution >= 0.6 is 0 Å². The van der Waals surface area contributed by atoms with Crippen molar-refractivity contribution in [1.29, 1.82) is 0 Å². The van der Waals surface area contributed by atoms with Crippen molar-refractivity contribution < 1.29 is 14.3 Å². The number of pyridine rings is 1. The average molecular weight is 210 g/mol. The molecule has 1 amide bonds. The van der Waals surface area contributed by atoms with E-state index in [0.29, 0.717) is 6.61 Å². The second-order valence-electron chi connectivity index (χ2n) is 3.06. The molecule has 1 N–H and O–H groups in total. The smallest absolute Gasteiger partial charge is 0.391 e. The van der Waals surface area contributed by atoms with Gasteiger partial charge in [-0.05, 0) is 13.0 Å². The standard InChI is InChI=1S/C10H14N2O3/c1-8(7-14-2)12-10(13)15-9-5-3-4-6-11-9/h3-6,8H,7H2,1-2H3,(H,12,13). The van der Waals surface area contributed by atoms with Crippen molar-refractivity contribution >= 4 is 6.09 Å². The predicted octanol–water partition coefficient (Wildman–Crippen LogP) is 1.20. The van der Waals surface area contributed by atoms with Gasteiger partial charge in [-0.2, -0.15) is 0 Å². The molecule has 1 unspecified atom stereocenters. The van der Waals surface area contributed by atoms with Crippen LogP contribution in [0.4, 0.5) is 4.79 Å². The first-order valence-corrected chi connectivity index (χ1v) is 4.60. The Hall–Kier alpha value is -1.62. The Morgan fingerprint density at radius 2 is 2.40 bits per heavy atom. The lowest BCUT2D eigenvalue weighted by molar-refractivity contribution is 0.158. The summed E-state index contributed by atoms with van der Waals surface area (Å²) in [7, 11) is 1.57. The van der Waals surface area contributed by atoms with Crippen LogP contribution in [0.2, 0.25) is 0 Å². The van der Waals surface area contributed by atoms with E-state index in [4.69, 9.17) is 9.47 Å². The second kappa shape index (κ2) is 5.98. The van der Waals surface area contributed by atoms with E-state index in [1.807, 2.05) is 6.92 Å². The van der Waals surface area contributed by atoms with Gasteiger partial charge in [-0.25, -0.2) is 9.78 Å². The van der Waals surface area contributed by atoms with E-state index < -0.39 is 6.09 Å². The van der Waals surface area contributed by atoms with Gasteiger partial charge in [0.1, 0.15) is 0 Å². The van der Waals surface area contributed by atoms with Gasteiger partial charge in [0.05, 0.1) is 12.6 Å². The lowest BCUT2D eigenvalue weighted by Gasteiger charge is -2.11. The topological polar surface area (TPSA) is 60.5 Å². The van der Waals surface area contributed by atoms with Gasteiger partial charge >= 0.3 is 6.09 Å². The molecule has 0 saturated heterocycles. The van der Waals surface area contributed by atoms with Crippen molar-refractivity contribution in [2.75, 3.05) is 13.7 Å². The first-order chi connectivity index (χ1) is 7.22. The summed E-state index contributed by atoms with van der Waals surface area (Å²) in [5.74, 6) is 0.277. The van der Waals surface area contributed by atoms with E-state index in [0.717, 1.165) is 0 Å². The van der Waals surface area contributed by atoms with Crippen LogP contribution in [0.3, 0.4) is 0 Å². The van der Waals surface area contributed by atoms with Crippen LogP contribution in [0, 0.1) is 0 Å². The van der Waals surface area contributed by atoms with Crippen molar-refractivity contribution in [3.63, 3.8) is 0 Å². The molecule has 1 heterocycles. The van der Waals surface area contributed by atoms with E-state index >= 15 is 0 Å². The first kappa shape index (κ1) is 11.5. The summed E-state index contributed by atoms with van der Waals surface area (Å²) in [6, 6.07) is 5.01. The molecule has 0 spiro atoms. The van der Waals surface area contributed by atoms with E-state index in [1.165, 1.54) is 0 Å². The van der Waals surface area contributed by atoms with Crippen molar-refractivity contribution in [2.24, 2.45) is 0 Å².